The van der Waals surface area contributed by atoms with Crippen molar-refractivity contribution < 1.29 is 14.3 Å². The van der Waals surface area contributed by atoms with Crippen LogP contribution in [0.1, 0.15) is 40.0 Å². The van der Waals surface area contributed by atoms with Crippen molar-refractivity contribution in [2.45, 2.75) is 57.7 Å². The molecule has 0 amide bonds. The Morgan fingerprint density at radius 2 is 2.19 bits per heavy atom. The fourth-order valence-electron chi connectivity index (χ4n) is 1.49. The van der Waals surface area contributed by atoms with E-state index in [0.717, 1.165) is 19.3 Å². The molecular weight excluding hydrogens is 206 g/mol. The monoisotopic (exact) mass is 229 g/mol. The van der Waals surface area contributed by atoms with Crippen LogP contribution in [0, 0.1) is 0 Å². The highest BCUT2D eigenvalue weighted by atomic mass is 16.5. The maximum Gasteiger partial charge on any atom is 0.328 e. The summed E-state index contributed by atoms with van der Waals surface area (Å²) in [6, 6.07) is 0.449. The van der Waals surface area contributed by atoms with Crippen molar-refractivity contribution in [3.63, 3.8) is 0 Å². The van der Waals surface area contributed by atoms with Crippen molar-refractivity contribution >= 4 is 5.97 Å². The smallest absolute Gasteiger partial charge is 0.328 e. The molecule has 1 fully saturated rings. The molecule has 0 heterocycles. The Balaban J connectivity index is 2.51. The number of hydrogen-bond donors (Lipinski definition) is 1. The predicted molar refractivity (Wildman–Crippen MR) is 62.3 cm³/mol. The lowest BCUT2D eigenvalue weighted by Crippen LogP contribution is -2.55. The minimum Gasteiger partial charge on any atom is -0.468 e. The number of methoxy groups -OCH3 is 1. The Morgan fingerprint density at radius 3 is 2.62 bits per heavy atom. The third kappa shape index (κ3) is 3.76. The fourth-order valence-corrected chi connectivity index (χ4v) is 1.49. The van der Waals surface area contributed by atoms with Gasteiger partial charge in [0.1, 0.15) is 5.54 Å². The molecule has 0 aliphatic heterocycles. The van der Waals surface area contributed by atoms with Crippen molar-refractivity contribution in [3.05, 3.63) is 0 Å². The minimum atomic E-state index is -0.709. The van der Waals surface area contributed by atoms with Crippen LogP contribution in [0.4, 0.5) is 0 Å². The van der Waals surface area contributed by atoms with E-state index in [4.69, 9.17) is 9.47 Å². The highest BCUT2D eigenvalue weighted by Crippen LogP contribution is 2.23. The normalized spacial score (nSPS) is 21.2. The summed E-state index contributed by atoms with van der Waals surface area (Å²) in [6.07, 6.45) is 3.39. The van der Waals surface area contributed by atoms with E-state index in [1.807, 2.05) is 13.8 Å². The molecule has 0 radical (unpaired) electrons. The first-order chi connectivity index (χ1) is 7.51. The van der Waals surface area contributed by atoms with Gasteiger partial charge in [-0.1, -0.05) is 6.92 Å². The van der Waals surface area contributed by atoms with E-state index < -0.39 is 5.54 Å². The molecule has 1 rings (SSSR count). The molecule has 0 spiro atoms. The first-order valence-corrected chi connectivity index (χ1v) is 5.99. The Morgan fingerprint density at radius 1 is 1.56 bits per heavy atom. The largest absolute Gasteiger partial charge is 0.468 e. The zero-order valence-corrected chi connectivity index (χ0v) is 10.7. The lowest BCUT2D eigenvalue weighted by atomic mass is 10.0. The molecule has 94 valence electrons. The van der Waals surface area contributed by atoms with Gasteiger partial charge in [0.05, 0.1) is 19.8 Å². The van der Waals surface area contributed by atoms with Crippen LogP contribution in [-0.4, -0.2) is 37.4 Å². The average molecular weight is 229 g/mol. The van der Waals surface area contributed by atoms with Crippen LogP contribution >= 0.6 is 0 Å². The van der Waals surface area contributed by atoms with Gasteiger partial charge in [-0.05, 0) is 33.1 Å². The molecule has 1 aliphatic rings. The molecule has 0 aromatic heterocycles. The summed E-state index contributed by atoms with van der Waals surface area (Å²) in [5, 5.41) is 3.30. The molecule has 4 heteroatoms. The van der Waals surface area contributed by atoms with E-state index in [1.54, 1.807) is 0 Å². The van der Waals surface area contributed by atoms with Gasteiger partial charge in [-0.15, -0.1) is 0 Å². The zero-order valence-electron chi connectivity index (χ0n) is 10.7. The van der Waals surface area contributed by atoms with E-state index in [-0.39, 0.29) is 12.1 Å². The summed E-state index contributed by atoms with van der Waals surface area (Å²) < 4.78 is 10.5. The van der Waals surface area contributed by atoms with E-state index in [9.17, 15) is 4.79 Å². The number of hydrogen-bond acceptors (Lipinski definition) is 4. The first kappa shape index (κ1) is 13.5. The molecule has 0 aromatic rings. The fraction of sp³-hybridized carbons (Fsp3) is 0.917. The average Bonchev–Trinajstić information content (AvgIpc) is 3.08. The van der Waals surface area contributed by atoms with Gasteiger partial charge in [0.2, 0.25) is 0 Å². The maximum absolute atomic E-state index is 11.7. The second kappa shape index (κ2) is 5.64. The van der Waals surface area contributed by atoms with Gasteiger partial charge in [0, 0.05) is 6.04 Å². The van der Waals surface area contributed by atoms with Gasteiger partial charge in [0.25, 0.3) is 0 Å². The van der Waals surface area contributed by atoms with Crippen LogP contribution in [0.25, 0.3) is 0 Å². The van der Waals surface area contributed by atoms with Crippen LogP contribution in [0.3, 0.4) is 0 Å². The van der Waals surface area contributed by atoms with Crippen molar-refractivity contribution in [1.29, 1.82) is 0 Å². The van der Waals surface area contributed by atoms with Crippen molar-refractivity contribution in [2.24, 2.45) is 0 Å². The maximum atomic E-state index is 11.7. The molecule has 2 atom stereocenters. The Hall–Kier alpha value is -0.610. The molecule has 2 unspecified atom stereocenters. The first-order valence-electron chi connectivity index (χ1n) is 5.99. The molecule has 0 saturated heterocycles. The van der Waals surface area contributed by atoms with Gasteiger partial charge in [0.15, 0.2) is 0 Å². The summed E-state index contributed by atoms with van der Waals surface area (Å²) in [7, 11) is 1.42. The standard InChI is InChI=1S/C12H23NO3/c1-5-9(2)16-8-12(3,11(14)15-4)13-10-6-7-10/h9-10,13H,5-8H2,1-4H3. The Bertz CT molecular complexity index is 240. The molecule has 0 bridgehead atoms. The lowest BCUT2D eigenvalue weighted by Gasteiger charge is -2.29. The number of ether oxygens (including phenoxy) is 2. The third-order valence-electron chi connectivity index (χ3n) is 2.97. The van der Waals surface area contributed by atoms with Crippen LogP contribution in [0.15, 0.2) is 0 Å². The summed E-state index contributed by atoms with van der Waals surface area (Å²) in [6.45, 7) is 6.29. The van der Waals surface area contributed by atoms with Gasteiger partial charge >= 0.3 is 5.97 Å². The topological polar surface area (TPSA) is 47.6 Å². The second-order valence-electron chi connectivity index (χ2n) is 4.77. The highest BCUT2D eigenvalue weighted by Gasteiger charge is 2.39. The number of carbonyl (C=O) groups is 1. The second-order valence-corrected chi connectivity index (χ2v) is 4.77. The summed E-state index contributed by atoms with van der Waals surface area (Å²) in [5.74, 6) is -0.247. The van der Waals surface area contributed by atoms with E-state index >= 15 is 0 Å². The lowest BCUT2D eigenvalue weighted by molar-refractivity contribution is -0.151. The molecule has 1 saturated carbocycles. The van der Waals surface area contributed by atoms with Gasteiger partial charge in [-0.2, -0.15) is 0 Å². The molecule has 1 N–H and O–H groups in total. The highest BCUT2D eigenvalue weighted by molar-refractivity contribution is 5.80. The third-order valence-corrected chi connectivity index (χ3v) is 2.97. The van der Waals surface area contributed by atoms with Gasteiger partial charge < -0.3 is 9.47 Å². The summed E-state index contributed by atoms with van der Waals surface area (Å²) >= 11 is 0. The van der Waals surface area contributed by atoms with Crippen LogP contribution in [0.2, 0.25) is 0 Å². The van der Waals surface area contributed by atoms with E-state index in [0.29, 0.717) is 12.6 Å². The number of nitrogens with one attached hydrogen (secondary N) is 1. The van der Waals surface area contributed by atoms with Gasteiger partial charge in [-0.25, -0.2) is 4.79 Å². The number of esters is 1. The van der Waals surface area contributed by atoms with Crippen LogP contribution in [-0.2, 0) is 14.3 Å². The summed E-state index contributed by atoms with van der Waals surface area (Å²) in [4.78, 5) is 11.7. The van der Waals surface area contributed by atoms with Crippen LogP contribution in [0.5, 0.6) is 0 Å². The Kier molecular flexibility index (Phi) is 4.74. The predicted octanol–water partition coefficient (Wildman–Crippen LogP) is 1.49. The molecule has 4 nitrogen and oxygen atoms in total. The minimum absolute atomic E-state index is 0.171. The number of carbonyl (C=O) groups excluding carboxylic acids is 1. The van der Waals surface area contributed by atoms with Crippen molar-refractivity contribution in [1.82, 2.24) is 5.32 Å². The number of rotatable bonds is 7. The van der Waals surface area contributed by atoms with E-state index in [1.165, 1.54) is 7.11 Å². The van der Waals surface area contributed by atoms with Gasteiger partial charge in [-0.3, -0.25) is 5.32 Å². The van der Waals surface area contributed by atoms with Crippen LogP contribution < -0.4 is 5.32 Å². The Labute approximate surface area is 97.7 Å². The molecule has 1 aliphatic carbocycles. The van der Waals surface area contributed by atoms with E-state index in [2.05, 4.69) is 12.2 Å². The molecule has 0 aromatic carbocycles. The van der Waals surface area contributed by atoms with Crippen molar-refractivity contribution in [2.75, 3.05) is 13.7 Å². The van der Waals surface area contributed by atoms with Crippen molar-refractivity contribution in [3.8, 4) is 0 Å². The SMILES string of the molecule is CCC(C)OCC(C)(NC1CC1)C(=O)OC. The summed E-state index contributed by atoms with van der Waals surface area (Å²) in [5.41, 5.74) is -0.709. The zero-order chi connectivity index (χ0) is 12.2. The quantitative estimate of drug-likeness (QED) is 0.672. The molecule has 16 heavy (non-hydrogen) atoms. The molecular formula is C12H23NO3.